The van der Waals surface area contributed by atoms with E-state index in [1.165, 1.54) is 15.9 Å². The molecule has 2 aromatic carbocycles. The zero-order valence-corrected chi connectivity index (χ0v) is 16.3. The topological polar surface area (TPSA) is 95.5 Å². The monoisotopic (exact) mass is 428 g/mol. The van der Waals surface area contributed by atoms with Gasteiger partial charge in [-0.15, -0.1) is 0 Å². The maximum absolute atomic E-state index is 13.4. The number of halogens is 2. The van der Waals surface area contributed by atoms with Crippen molar-refractivity contribution < 1.29 is 18.4 Å². The third-order valence-corrected chi connectivity index (χ3v) is 5.27. The number of amides is 2. The smallest absolute Gasteiger partial charge is 0.329 e. The highest BCUT2D eigenvalue weighted by Gasteiger charge is 2.26. The Morgan fingerprint density at radius 1 is 0.903 bits per heavy atom. The molecule has 10 heteroatoms. The summed E-state index contributed by atoms with van der Waals surface area (Å²) < 4.78 is 27.3. The Bertz CT molecular complexity index is 1290. The number of fused-ring (bicyclic) bond motifs is 1. The number of aromatic nitrogens is 2. The minimum absolute atomic E-state index is 0.0212. The molecule has 160 valence electrons. The molecule has 0 aliphatic carbocycles. The van der Waals surface area contributed by atoms with E-state index in [0.29, 0.717) is 10.9 Å². The summed E-state index contributed by atoms with van der Waals surface area (Å²) >= 11 is 0. The van der Waals surface area contributed by atoms with Crippen molar-refractivity contribution in [2.75, 3.05) is 26.2 Å². The molecule has 0 spiro atoms. The SMILES string of the molecule is O=C(Cn1c(=O)[nH]c2ccccc2c1=O)N1CCN(C(=O)c2ccc(F)c(F)c2)CC1. The van der Waals surface area contributed by atoms with Crippen LogP contribution in [0, 0.1) is 11.6 Å². The molecule has 0 radical (unpaired) electrons. The summed E-state index contributed by atoms with van der Waals surface area (Å²) in [5.74, 6) is -3.03. The first-order chi connectivity index (χ1) is 14.8. The summed E-state index contributed by atoms with van der Waals surface area (Å²) in [6, 6.07) is 9.46. The van der Waals surface area contributed by atoms with E-state index >= 15 is 0 Å². The molecular weight excluding hydrogens is 410 g/mol. The van der Waals surface area contributed by atoms with Crippen molar-refractivity contribution in [3.05, 3.63) is 80.5 Å². The maximum atomic E-state index is 13.4. The Labute approximate surface area is 174 Å². The van der Waals surface area contributed by atoms with Crippen molar-refractivity contribution in [1.82, 2.24) is 19.4 Å². The number of para-hydroxylation sites is 1. The number of carbonyl (C=O) groups is 2. The predicted octanol–water partition coefficient (Wildman–Crippen LogP) is 0.953. The third-order valence-electron chi connectivity index (χ3n) is 5.27. The van der Waals surface area contributed by atoms with Crippen LogP contribution in [-0.2, 0) is 11.3 Å². The first-order valence-electron chi connectivity index (χ1n) is 9.59. The number of benzene rings is 2. The van der Waals surface area contributed by atoms with Gasteiger partial charge < -0.3 is 14.8 Å². The Morgan fingerprint density at radius 2 is 1.58 bits per heavy atom. The molecule has 1 saturated heterocycles. The number of carbonyl (C=O) groups excluding carboxylic acids is 2. The third kappa shape index (κ3) is 3.96. The van der Waals surface area contributed by atoms with Crippen LogP contribution in [0.5, 0.6) is 0 Å². The van der Waals surface area contributed by atoms with Crippen LogP contribution in [-0.4, -0.2) is 57.3 Å². The fourth-order valence-electron chi connectivity index (χ4n) is 3.55. The van der Waals surface area contributed by atoms with E-state index in [-0.39, 0.29) is 31.7 Å². The lowest BCUT2D eigenvalue weighted by Crippen LogP contribution is -2.52. The van der Waals surface area contributed by atoms with Gasteiger partial charge in [0.25, 0.3) is 11.5 Å². The Morgan fingerprint density at radius 3 is 2.29 bits per heavy atom. The van der Waals surface area contributed by atoms with Gasteiger partial charge in [-0.1, -0.05) is 12.1 Å². The lowest BCUT2D eigenvalue weighted by atomic mass is 10.1. The number of H-pyrrole nitrogens is 1. The molecule has 2 heterocycles. The second kappa shape index (κ2) is 8.13. The number of nitrogens with one attached hydrogen (secondary N) is 1. The number of nitrogens with zero attached hydrogens (tertiary/aromatic N) is 3. The van der Waals surface area contributed by atoms with Crippen molar-refractivity contribution in [3.63, 3.8) is 0 Å². The standard InChI is InChI=1S/C21H18F2N4O4/c22-15-6-5-13(11-16(15)23)19(29)26-9-7-25(8-10-26)18(28)12-27-20(30)14-3-1-2-4-17(14)24-21(27)31/h1-6,11H,7-10,12H2,(H,24,31). The predicted molar refractivity (Wildman–Crippen MR) is 108 cm³/mol. The highest BCUT2D eigenvalue weighted by atomic mass is 19.2. The van der Waals surface area contributed by atoms with Gasteiger partial charge in [-0.2, -0.15) is 0 Å². The van der Waals surface area contributed by atoms with Gasteiger partial charge in [-0.05, 0) is 30.3 Å². The van der Waals surface area contributed by atoms with Crippen molar-refractivity contribution in [1.29, 1.82) is 0 Å². The van der Waals surface area contributed by atoms with Gasteiger partial charge in [-0.3, -0.25) is 19.0 Å². The quantitative estimate of drug-likeness (QED) is 0.672. The largest absolute Gasteiger partial charge is 0.338 e. The highest BCUT2D eigenvalue weighted by molar-refractivity contribution is 5.94. The molecule has 2 amide bonds. The fraction of sp³-hybridized carbons (Fsp3) is 0.238. The first-order valence-corrected chi connectivity index (χ1v) is 9.59. The molecule has 1 N–H and O–H groups in total. The minimum atomic E-state index is -1.11. The van der Waals surface area contributed by atoms with Crippen LogP contribution in [0.1, 0.15) is 10.4 Å². The van der Waals surface area contributed by atoms with Gasteiger partial charge in [0.2, 0.25) is 5.91 Å². The van der Waals surface area contributed by atoms with E-state index in [1.807, 2.05) is 0 Å². The molecule has 31 heavy (non-hydrogen) atoms. The average Bonchev–Trinajstić information content (AvgIpc) is 2.78. The van der Waals surface area contributed by atoms with Gasteiger partial charge in [0.1, 0.15) is 6.54 Å². The van der Waals surface area contributed by atoms with E-state index in [2.05, 4.69) is 4.98 Å². The second-order valence-electron chi connectivity index (χ2n) is 7.17. The lowest BCUT2D eigenvalue weighted by Gasteiger charge is -2.34. The number of rotatable bonds is 3. The second-order valence-corrected chi connectivity index (χ2v) is 7.17. The summed E-state index contributed by atoms with van der Waals surface area (Å²) in [7, 11) is 0. The molecule has 1 fully saturated rings. The normalized spacial score (nSPS) is 14.1. The van der Waals surface area contributed by atoms with Crippen LogP contribution >= 0.6 is 0 Å². The van der Waals surface area contributed by atoms with Crippen molar-refractivity contribution in [2.24, 2.45) is 0 Å². The number of piperazine rings is 1. The summed E-state index contributed by atoms with van der Waals surface area (Å²) in [6.07, 6.45) is 0. The molecule has 1 aliphatic rings. The van der Waals surface area contributed by atoms with Crippen LogP contribution in [0.2, 0.25) is 0 Å². The minimum Gasteiger partial charge on any atom is -0.338 e. The van der Waals surface area contributed by atoms with E-state index in [9.17, 15) is 28.0 Å². The van der Waals surface area contributed by atoms with Crippen LogP contribution in [0.3, 0.4) is 0 Å². The summed E-state index contributed by atoms with van der Waals surface area (Å²) in [5, 5.41) is 0.303. The molecule has 8 nitrogen and oxygen atoms in total. The van der Waals surface area contributed by atoms with Gasteiger partial charge in [0.15, 0.2) is 11.6 Å². The molecule has 1 aromatic heterocycles. The van der Waals surface area contributed by atoms with E-state index in [4.69, 9.17) is 0 Å². The fourth-order valence-corrected chi connectivity index (χ4v) is 3.55. The Balaban J connectivity index is 1.44. The first kappa shape index (κ1) is 20.5. The summed E-state index contributed by atoms with van der Waals surface area (Å²) in [6.45, 7) is 0.332. The van der Waals surface area contributed by atoms with Crippen molar-refractivity contribution in [3.8, 4) is 0 Å². The van der Waals surface area contributed by atoms with Gasteiger partial charge in [-0.25, -0.2) is 13.6 Å². The molecule has 4 rings (SSSR count). The van der Waals surface area contributed by atoms with E-state index in [0.717, 1.165) is 16.7 Å². The maximum Gasteiger partial charge on any atom is 0.329 e. The van der Waals surface area contributed by atoms with Gasteiger partial charge in [0.05, 0.1) is 10.9 Å². The molecule has 0 unspecified atom stereocenters. The molecule has 3 aromatic rings. The lowest BCUT2D eigenvalue weighted by molar-refractivity contribution is -0.133. The van der Waals surface area contributed by atoms with Crippen LogP contribution in [0.4, 0.5) is 8.78 Å². The summed E-state index contributed by atoms with van der Waals surface area (Å²) in [5.41, 5.74) is -0.817. The van der Waals surface area contributed by atoms with Crippen LogP contribution in [0.15, 0.2) is 52.1 Å². The Hall–Kier alpha value is -3.82. The van der Waals surface area contributed by atoms with E-state index < -0.39 is 41.2 Å². The summed E-state index contributed by atoms with van der Waals surface area (Å²) in [4.78, 5) is 55.4. The molecule has 0 atom stereocenters. The zero-order chi connectivity index (χ0) is 22.1. The number of hydrogen-bond acceptors (Lipinski definition) is 4. The molecular formula is C21H18F2N4O4. The zero-order valence-electron chi connectivity index (χ0n) is 16.3. The van der Waals surface area contributed by atoms with Crippen LogP contribution in [0.25, 0.3) is 10.9 Å². The number of hydrogen-bond donors (Lipinski definition) is 1. The van der Waals surface area contributed by atoms with Crippen LogP contribution < -0.4 is 11.2 Å². The van der Waals surface area contributed by atoms with Gasteiger partial charge >= 0.3 is 5.69 Å². The van der Waals surface area contributed by atoms with E-state index in [1.54, 1.807) is 24.3 Å². The molecule has 0 bridgehead atoms. The highest BCUT2D eigenvalue weighted by Crippen LogP contribution is 2.13. The van der Waals surface area contributed by atoms with Crippen molar-refractivity contribution in [2.45, 2.75) is 6.54 Å². The Kier molecular flexibility index (Phi) is 5.37. The van der Waals surface area contributed by atoms with Gasteiger partial charge in [0, 0.05) is 31.7 Å². The van der Waals surface area contributed by atoms with Crippen molar-refractivity contribution >= 4 is 22.7 Å². The molecule has 0 saturated carbocycles. The molecule has 1 aliphatic heterocycles. The average molecular weight is 428 g/mol. The number of aromatic amines is 1.